The molecule has 0 saturated carbocycles. The van der Waals surface area contributed by atoms with Gasteiger partial charge in [-0.2, -0.15) is 4.98 Å². The molecule has 0 atom stereocenters. The van der Waals surface area contributed by atoms with Crippen molar-refractivity contribution >= 4 is 39.1 Å². The summed E-state index contributed by atoms with van der Waals surface area (Å²) in [6.07, 6.45) is 3.67. The standard InChI is InChI=1S/C17H16N6OS/c24-8-7-18-17-21-15(13-6-9-25-16(13)22-17)20-14-10-23(11-19-14)12-4-2-1-3-5-12/h1-6,9-11,24H,7-8H2,(H2,18,20,21,22). The third kappa shape index (κ3) is 3.30. The third-order valence-electron chi connectivity index (χ3n) is 3.60. The van der Waals surface area contributed by atoms with E-state index in [-0.39, 0.29) is 6.61 Å². The highest BCUT2D eigenvalue weighted by molar-refractivity contribution is 7.16. The van der Waals surface area contributed by atoms with Crippen molar-refractivity contribution in [2.24, 2.45) is 0 Å². The Labute approximate surface area is 148 Å². The number of nitrogens with one attached hydrogen (secondary N) is 2. The van der Waals surface area contributed by atoms with E-state index in [0.29, 0.717) is 24.1 Å². The molecular weight excluding hydrogens is 336 g/mol. The van der Waals surface area contributed by atoms with Crippen molar-refractivity contribution in [3.05, 3.63) is 54.3 Å². The summed E-state index contributed by atoms with van der Waals surface area (Å²) in [6, 6.07) is 12.0. The molecule has 0 aliphatic heterocycles. The molecule has 3 N–H and O–H groups in total. The number of para-hydroxylation sites is 1. The summed E-state index contributed by atoms with van der Waals surface area (Å²) in [5.41, 5.74) is 1.04. The molecule has 0 aliphatic rings. The Hall–Kier alpha value is -2.97. The van der Waals surface area contributed by atoms with E-state index in [0.717, 1.165) is 15.9 Å². The molecule has 126 valence electrons. The van der Waals surface area contributed by atoms with Gasteiger partial charge in [0.2, 0.25) is 5.95 Å². The molecule has 3 aromatic heterocycles. The second kappa shape index (κ2) is 6.88. The molecule has 0 aliphatic carbocycles. The van der Waals surface area contributed by atoms with Crippen LogP contribution in [0.15, 0.2) is 54.3 Å². The summed E-state index contributed by atoms with van der Waals surface area (Å²) >= 11 is 1.54. The van der Waals surface area contributed by atoms with Crippen molar-refractivity contribution in [2.75, 3.05) is 23.8 Å². The number of benzene rings is 1. The molecule has 0 amide bonds. The Kier molecular flexibility index (Phi) is 4.28. The van der Waals surface area contributed by atoms with Gasteiger partial charge >= 0.3 is 0 Å². The molecule has 0 bridgehead atoms. The fourth-order valence-corrected chi connectivity index (χ4v) is 3.21. The molecule has 0 fully saturated rings. The Morgan fingerprint density at radius 1 is 1.12 bits per heavy atom. The maximum Gasteiger partial charge on any atom is 0.226 e. The number of rotatable bonds is 6. The summed E-state index contributed by atoms with van der Waals surface area (Å²) in [7, 11) is 0. The quantitative estimate of drug-likeness (QED) is 0.494. The lowest BCUT2D eigenvalue weighted by molar-refractivity contribution is 0.311. The summed E-state index contributed by atoms with van der Waals surface area (Å²) < 4.78 is 1.94. The average molecular weight is 352 g/mol. The number of aliphatic hydroxyl groups excluding tert-OH is 1. The number of imidazole rings is 1. The van der Waals surface area contributed by atoms with Crippen molar-refractivity contribution < 1.29 is 5.11 Å². The Morgan fingerprint density at radius 3 is 2.84 bits per heavy atom. The van der Waals surface area contributed by atoms with Crippen molar-refractivity contribution in [2.45, 2.75) is 0 Å². The lowest BCUT2D eigenvalue weighted by Gasteiger charge is -2.08. The van der Waals surface area contributed by atoms with Gasteiger partial charge in [0, 0.05) is 12.2 Å². The molecule has 1 aromatic carbocycles. The van der Waals surface area contributed by atoms with Crippen LogP contribution in [0, 0.1) is 0 Å². The van der Waals surface area contributed by atoms with Crippen molar-refractivity contribution in [3.8, 4) is 5.69 Å². The van der Waals surface area contributed by atoms with Gasteiger partial charge in [0.15, 0.2) is 0 Å². The van der Waals surface area contributed by atoms with E-state index in [2.05, 4.69) is 25.6 Å². The summed E-state index contributed by atoms with van der Waals surface area (Å²) in [5.74, 6) is 1.86. The van der Waals surface area contributed by atoms with Crippen LogP contribution < -0.4 is 10.6 Å². The molecule has 25 heavy (non-hydrogen) atoms. The van der Waals surface area contributed by atoms with E-state index >= 15 is 0 Å². The number of hydrogen-bond donors (Lipinski definition) is 3. The zero-order valence-electron chi connectivity index (χ0n) is 13.3. The van der Waals surface area contributed by atoms with Gasteiger partial charge in [-0.05, 0) is 23.6 Å². The van der Waals surface area contributed by atoms with E-state index in [1.165, 1.54) is 0 Å². The van der Waals surface area contributed by atoms with Crippen LogP contribution in [-0.4, -0.2) is 37.8 Å². The molecule has 4 rings (SSSR count). The topological polar surface area (TPSA) is 87.9 Å². The molecule has 0 radical (unpaired) electrons. The Morgan fingerprint density at radius 2 is 2.00 bits per heavy atom. The SMILES string of the molecule is OCCNc1nc(Nc2cn(-c3ccccc3)cn2)c2ccsc2n1. The minimum Gasteiger partial charge on any atom is -0.395 e. The van der Waals surface area contributed by atoms with Crippen LogP contribution in [0.2, 0.25) is 0 Å². The number of aliphatic hydroxyl groups is 1. The highest BCUT2D eigenvalue weighted by Crippen LogP contribution is 2.28. The van der Waals surface area contributed by atoms with E-state index in [9.17, 15) is 0 Å². The minimum absolute atomic E-state index is 0.0239. The van der Waals surface area contributed by atoms with Gasteiger partial charge in [0.1, 0.15) is 22.8 Å². The first-order valence-corrected chi connectivity index (χ1v) is 8.68. The van der Waals surface area contributed by atoms with Gasteiger partial charge in [-0.15, -0.1) is 11.3 Å². The maximum absolute atomic E-state index is 8.97. The van der Waals surface area contributed by atoms with Crippen LogP contribution in [-0.2, 0) is 0 Å². The molecule has 8 heteroatoms. The lowest BCUT2D eigenvalue weighted by Crippen LogP contribution is -2.09. The smallest absolute Gasteiger partial charge is 0.226 e. The lowest BCUT2D eigenvalue weighted by atomic mass is 10.3. The first-order valence-electron chi connectivity index (χ1n) is 7.80. The number of fused-ring (bicyclic) bond motifs is 1. The van der Waals surface area contributed by atoms with Gasteiger partial charge in [-0.3, -0.25) is 0 Å². The molecule has 7 nitrogen and oxygen atoms in total. The number of thiophene rings is 1. The van der Waals surface area contributed by atoms with Gasteiger partial charge < -0.3 is 20.3 Å². The van der Waals surface area contributed by atoms with E-state index < -0.39 is 0 Å². The largest absolute Gasteiger partial charge is 0.395 e. The zero-order chi connectivity index (χ0) is 17.1. The fourth-order valence-electron chi connectivity index (χ4n) is 2.45. The number of anilines is 3. The average Bonchev–Trinajstić information content (AvgIpc) is 3.30. The van der Waals surface area contributed by atoms with E-state index in [4.69, 9.17) is 5.11 Å². The van der Waals surface area contributed by atoms with E-state index in [1.54, 1.807) is 17.7 Å². The fraction of sp³-hybridized carbons (Fsp3) is 0.118. The van der Waals surface area contributed by atoms with Crippen molar-refractivity contribution in [1.29, 1.82) is 0 Å². The molecule has 4 aromatic rings. The van der Waals surface area contributed by atoms with Crippen molar-refractivity contribution in [3.63, 3.8) is 0 Å². The van der Waals surface area contributed by atoms with Crippen LogP contribution in [0.3, 0.4) is 0 Å². The first kappa shape index (κ1) is 15.6. The normalized spacial score (nSPS) is 10.9. The zero-order valence-corrected chi connectivity index (χ0v) is 14.1. The Bertz CT molecular complexity index is 981. The second-order valence-corrected chi connectivity index (χ2v) is 6.21. The van der Waals surface area contributed by atoms with Crippen LogP contribution in [0.25, 0.3) is 15.9 Å². The summed E-state index contributed by atoms with van der Waals surface area (Å²) in [6.45, 7) is 0.426. The molecule has 0 unspecified atom stereocenters. The first-order chi connectivity index (χ1) is 12.3. The highest BCUT2D eigenvalue weighted by Gasteiger charge is 2.10. The molecule has 3 heterocycles. The highest BCUT2D eigenvalue weighted by atomic mass is 32.1. The summed E-state index contributed by atoms with van der Waals surface area (Å²) in [5, 5.41) is 18.1. The maximum atomic E-state index is 8.97. The van der Waals surface area contributed by atoms with Gasteiger partial charge in [-0.25, -0.2) is 9.97 Å². The van der Waals surface area contributed by atoms with Gasteiger partial charge in [0.25, 0.3) is 0 Å². The molecule has 0 spiro atoms. The van der Waals surface area contributed by atoms with Crippen LogP contribution in [0.1, 0.15) is 0 Å². The number of nitrogens with zero attached hydrogens (tertiary/aromatic N) is 4. The van der Waals surface area contributed by atoms with Gasteiger partial charge in [0.05, 0.1) is 18.2 Å². The summed E-state index contributed by atoms with van der Waals surface area (Å²) in [4.78, 5) is 14.2. The number of aromatic nitrogens is 4. The van der Waals surface area contributed by atoms with Crippen LogP contribution >= 0.6 is 11.3 Å². The Balaban J connectivity index is 1.64. The van der Waals surface area contributed by atoms with Gasteiger partial charge in [-0.1, -0.05) is 18.2 Å². The second-order valence-electron chi connectivity index (χ2n) is 5.31. The van der Waals surface area contributed by atoms with E-state index in [1.807, 2.05) is 52.5 Å². The van der Waals surface area contributed by atoms with Crippen LogP contribution in [0.4, 0.5) is 17.6 Å². The van der Waals surface area contributed by atoms with Crippen molar-refractivity contribution in [1.82, 2.24) is 19.5 Å². The third-order valence-corrected chi connectivity index (χ3v) is 4.41. The minimum atomic E-state index is 0.0239. The predicted molar refractivity (Wildman–Crippen MR) is 99.8 cm³/mol. The van der Waals surface area contributed by atoms with Crippen LogP contribution in [0.5, 0.6) is 0 Å². The number of hydrogen-bond acceptors (Lipinski definition) is 7. The predicted octanol–water partition coefficient (Wildman–Crippen LogP) is 3.02. The molecular formula is C17H16N6OS. The monoisotopic (exact) mass is 352 g/mol. The molecule has 0 saturated heterocycles.